The van der Waals surface area contributed by atoms with Crippen molar-refractivity contribution in [3.8, 4) is 11.5 Å². The molecule has 1 amide bonds. The van der Waals surface area contributed by atoms with Crippen LogP contribution in [-0.2, 0) is 4.79 Å². The number of carbonyl (C=O) groups excluding carboxylic acids is 2. The van der Waals surface area contributed by atoms with Crippen LogP contribution in [0.5, 0.6) is 11.5 Å². The van der Waals surface area contributed by atoms with E-state index in [0.717, 1.165) is 24.2 Å². The molecule has 0 aliphatic heterocycles. The number of ketones is 1. The first kappa shape index (κ1) is 18.0. The predicted molar refractivity (Wildman–Crippen MR) is 98.5 cm³/mol. The number of rotatable bonds is 8. The first-order valence-corrected chi connectivity index (χ1v) is 8.74. The Balaban J connectivity index is 1.57. The first-order chi connectivity index (χ1) is 12.6. The molecular formula is C21H23NO4. The second-order valence-corrected chi connectivity index (χ2v) is 6.53. The van der Waals surface area contributed by atoms with Crippen molar-refractivity contribution in [3.05, 3.63) is 59.7 Å². The molecule has 1 fully saturated rings. The number of methoxy groups -OCH3 is 1. The number of ether oxygens (including phenoxy) is 2. The Bertz CT molecular complexity index is 764. The van der Waals surface area contributed by atoms with E-state index < -0.39 is 0 Å². The second kappa shape index (κ2) is 8.04. The standard InChI is InChI=1S/C21H23NO4/c1-14(23)15-5-11-19(12-6-15)26-13-20(24)22-21(16-3-4-16)17-7-9-18(25-2)10-8-17/h5-12,16,21H,3-4,13H2,1-2H3,(H,22,24). The van der Waals surface area contributed by atoms with E-state index in [-0.39, 0.29) is 24.3 Å². The van der Waals surface area contributed by atoms with E-state index in [4.69, 9.17) is 9.47 Å². The van der Waals surface area contributed by atoms with Gasteiger partial charge in [-0.25, -0.2) is 0 Å². The highest BCUT2D eigenvalue weighted by Crippen LogP contribution is 2.41. The number of carbonyl (C=O) groups is 2. The number of benzene rings is 2. The summed E-state index contributed by atoms with van der Waals surface area (Å²) in [5, 5.41) is 3.07. The maximum atomic E-state index is 12.3. The average Bonchev–Trinajstić information content (AvgIpc) is 3.50. The topological polar surface area (TPSA) is 64.6 Å². The number of Topliss-reactive ketones (excluding diaryl/α,β-unsaturated/α-hetero) is 1. The largest absolute Gasteiger partial charge is 0.497 e. The molecule has 1 atom stereocenters. The molecule has 0 bridgehead atoms. The summed E-state index contributed by atoms with van der Waals surface area (Å²) in [7, 11) is 1.63. The van der Waals surface area contributed by atoms with Gasteiger partial charge in [0.25, 0.3) is 5.91 Å². The summed E-state index contributed by atoms with van der Waals surface area (Å²) in [6.45, 7) is 1.46. The fourth-order valence-electron chi connectivity index (χ4n) is 2.86. The molecule has 0 aromatic heterocycles. The van der Waals surface area contributed by atoms with E-state index in [1.807, 2.05) is 24.3 Å². The fourth-order valence-corrected chi connectivity index (χ4v) is 2.86. The van der Waals surface area contributed by atoms with Crippen LogP contribution >= 0.6 is 0 Å². The zero-order valence-corrected chi connectivity index (χ0v) is 15.0. The molecule has 1 N–H and O–H groups in total. The quantitative estimate of drug-likeness (QED) is 0.737. The Kier molecular flexibility index (Phi) is 5.56. The number of hydrogen-bond acceptors (Lipinski definition) is 4. The summed E-state index contributed by atoms with van der Waals surface area (Å²) >= 11 is 0. The lowest BCUT2D eigenvalue weighted by Crippen LogP contribution is -2.33. The zero-order chi connectivity index (χ0) is 18.5. The monoisotopic (exact) mass is 353 g/mol. The highest BCUT2D eigenvalue weighted by atomic mass is 16.5. The smallest absolute Gasteiger partial charge is 0.258 e. The van der Waals surface area contributed by atoms with Gasteiger partial charge in [0, 0.05) is 5.56 Å². The Morgan fingerprint density at radius 1 is 1.04 bits per heavy atom. The minimum Gasteiger partial charge on any atom is -0.497 e. The molecule has 1 aliphatic carbocycles. The fraction of sp³-hybridized carbons (Fsp3) is 0.333. The molecule has 5 nitrogen and oxygen atoms in total. The van der Waals surface area contributed by atoms with Crippen molar-refractivity contribution in [1.82, 2.24) is 5.32 Å². The third-order valence-corrected chi connectivity index (χ3v) is 4.52. The molecule has 3 rings (SSSR count). The minimum atomic E-state index is -0.159. The molecule has 1 aliphatic rings. The molecule has 136 valence electrons. The highest BCUT2D eigenvalue weighted by Gasteiger charge is 2.33. The Labute approximate surface area is 153 Å². The second-order valence-electron chi connectivity index (χ2n) is 6.53. The molecule has 1 unspecified atom stereocenters. The summed E-state index contributed by atoms with van der Waals surface area (Å²) in [6, 6.07) is 14.6. The molecular weight excluding hydrogens is 330 g/mol. The lowest BCUT2D eigenvalue weighted by atomic mass is 10.0. The van der Waals surface area contributed by atoms with Crippen molar-refractivity contribution in [2.75, 3.05) is 13.7 Å². The van der Waals surface area contributed by atoms with E-state index >= 15 is 0 Å². The minimum absolute atomic E-state index is 0.000981. The van der Waals surface area contributed by atoms with E-state index in [9.17, 15) is 9.59 Å². The molecule has 0 saturated heterocycles. The van der Waals surface area contributed by atoms with Gasteiger partial charge in [0.1, 0.15) is 11.5 Å². The molecule has 2 aromatic carbocycles. The van der Waals surface area contributed by atoms with Crippen molar-refractivity contribution in [3.63, 3.8) is 0 Å². The molecule has 2 aromatic rings. The van der Waals surface area contributed by atoms with Gasteiger partial charge in [-0.2, -0.15) is 0 Å². The summed E-state index contributed by atoms with van der Waals surface area (Å²) in [4.78, 5) is 23.6. The van der Waals surface area contributed by atoms with Gasteiger partial charge in [-0.05, 0) is 67.6 Å². The number of hydrogen-bond donors (Lipinski definition) is 1. The van der Waals surface area contributed by atoms with Crippen LogP contribution in [0.15, 0.2) is 48.5 Å². The van der Waals surface area contributed by atoms with E-state index in [1.54, 1.807) is 31.4 Å². The van der Waals surface area contributed by atoms with Crippen LogP contribution in [0.25, 0.3) is 0 Å². The Morgan fingerprint density at radius 2 is 1.65 bits per heavy atom. The van der Waals surface area contributed by atoms with E-state index in [2.05, 4.69) is 5.32 Å². The maximum Gasteiger partial charge on any atom is 0.258 e. The lowest BCUT2D eigenvalue weighted by molar-refractivity contribution is -0.124. The summed E-state index contributed by atoms with van der Waals surface area (Å²) in [6.07, 6.45) is 2.23. The van der Waals surface area contributed by atoms with Crippen molar-refractivity contribution in [1.29, 1.82) is 0 Å². The third kappa shape index (κ3) is 4.63. The summed E-state index contributed by atoms with van der Waals surface area (Å²) in [5.41, 5.74) is 1.70. The number of nitrogens with one attached hydrogen (secondary N) is 1. The first-order valence-electron chi connectivity index (χ1n) is 8.74. The highest BCUT2D eigenvalue weighted by molar-refractivity contribution is 5.94. The zero-order valence-electron chi connectivity index (χ0n) is 15.0. The Morgan fingerprint density at radius 3 is 2.19 bits per heavy atom. The van der Waals surface area contributed by atoms with Gasteiger partial charge in [-0.15, -0.1) is 0 Å². The van der Waals surface area contributed by atoms with Crippen LogP contribution in [0.1, 0.15) is 41.7 Å². The van der Waals surface area contributed by atoms with Crippen LogP contribution in [0.2, 0.25) is 0 Å². The molecule has 26 heavy (non-hydrogen) atoms. The molecule has 0 radical (unpaired) electrons. The van der Waals surface area contributed by atoms with Gasteiger partial charge in [-0.3, -0.25) is 9.59 Å². The molecule has 5 heteroatoms. The average molecular weight is 353 g/mol. The van der Waals surface area contributed by atoms with Crippen molar-refractivity contribution >= 4 is 11.7 Å². The van der Waals surface area contributed by atoms with Crippen molar-refractivity contribution in [2.45, 2.75) is 25.8 Å². The van der Waals surface area contributed by atoms with Crippen LogP contribution in [0.3, 0.4) is 0 Å². The number of amides is 1. The van der Waals surface area contributed by atoms with Gasteiger partial charge in [0.05, 0.1) is 13.2 Å². The molecule has 0 heterocycles. The molecule has 0 spiro atoms. The lowest BCUT2D eigenvalue weighted by Gasteiger charge is -2.19. The molecule has 1 saturated carbocycles. The van der Waals surface area contributed by atoms with Gasteiger partial charge in [-0.1, -0.05) is 12.1 Å². The Hall–Kier alpha value is -2.82. The van der Waals surface area contributed by atoms with Crippen molar-refractivity contribution < 1.29 is 19.1 Å². The van der Waals surface area contributed by atoms with Gasteiger partial charge in [0.2, 0.25) is 0 Å². The van der Waals surface area contributed by atoms with Crippen LogP contribution < -0.4 is 14.8 Å². The third-order valence-electron chi connectivity index (χ3n) is 4.52. The summed E-state index contributed by atoms with van der Waals surface area (Å²) < 4.78 is 10.7. The summed E-state index contributed by atoms with van der Waals surface area (Å²) in [5.74, 6) is 1.68. The van der Waals surface area contributed by atoms with Gasteiger partial charge < -0.3 is 14.8 Å². The SMILES string of the molecule is COc1ccc(C(NC(=O)COc2ccc(C(C)=O)cc2)C2CC2)cc1. The van der Waals surface area contributed by atoms with Crippen LogP contribution in [0.4, 0.5) is 0 Å². The van der Waals surface area contributed by atoms with Crippen LogP contribution in [0, 0.1) is 5.92 Å². The van der Waals surface area contributed by atoms with Crippen LogP contribution in [-0.4, -0.2) is 25.4 Å². The predicted octanol–water partition coefficient (Wildman–Crippen LogP) is 3.54. The maximum absolute atomic E-state index is 12.3. The normalized spacial score (nSPS) is 14.4. The van der Waals surface area contributed by atoms with Gasteiger partial charge >= 0.3 is 0 Å². The van der Waals surface area contributed by atoms with Crippen molar-refractivity contribution in [2.24, 2.45) is 5.92 Å². The van der Waals surface area contributed by atoms with E-state index in [1.165, 1.54) is 6.92 Å². The van der Waals surface area contributed by atoms with Gasteiger partial charge in [0.15, 0.2) is 12.4 Å². The van der Waals surface area contributed by atoms with E-state index in [0.29, 0.717) is 17.2 Å².